The van der Waals surface area contributed by atoms with Gasteiger partial charge in [0.05, 0.1) is 17.2 Å². The molecule has 1 unspecified atom stereocenters. The van der Waals surface area contributed by atoms with Crippen LogP contribution in [-0.2, 0) is 9.53 Å². The molecule has 0 radical (unpaired) electrons. The maximum atomic E-state index is 11.5. The van der Waals surface area contributed by atoms with Crippen molar-refractivity contribution in [1.29, 1.82) is 0 Å². The van der Waals surface area contributed by atoms with Gasteiger partial charge in [-0.3, -0.25) is 0 Å². The summed E-state index contributed by atoms with van der Waals surface area (Å²) < 4.78 is 4.71. The van der Waals surface area contributed by atoms with E-state index in [2.05, 4.69) is 5.32 Å². The number of hydrogen-bond acceptors (Lipinski definition) is 3. The van der Waals surface area contributed by atoms with Gasteiger partial charge < -0.3 is 10.1 Å². The average molecular weight is 262 g/mol. The zero-order valence-corrected chi connectivity index (χ0v) is 10.6. The highest BCUT2D eigenvalue weighted by molar-refractivity contribution is 6.42. The standard InChI is InChI=1S/C11H13Cl2NO2/c1-3-14-10(11(15)16-2)7-4-5-8(12)9(13)6-7/h4-6,10,14H,3H2,1-2H3. The van der Waals surface area contributed by atoms with E-state index in [9.17, 15) is 4.79 Å². The fraction of sp³-hybridized carbons (Fsp3) is 0.364. The third kappa shape index (κ3) is 3.11. The Bertz CT molecular complexity index is 382. The first-order valence-corrected chi connectivity index (χ1v) is 5.62. The molecule has 3 nitrogen and oxygen atoms in total. The first-order valence-electron chi connectivity index (χ1n) is 4.86. The summed E-state index contributed by atoms with van der Waals surface area (Å²) in [5.74, 6) is -0.347. The Morgan fingerprint density at radius 2 is 2.12 bits per heavy atom. The Labute approximate surface area is 105 Å². The van der Waals surface area contributed by atoms with E-state index < -0.39 is 6.04 Å². The predicted octanol–water partition coefficient (Wildman–Crippen LogP) is 2.82. The molecule has 5 heteroatoms. The van der Waals surface area contributed by atoms with Crippen LogP contribution >= 0.6 is 23.2 Å². The van der Waals surface area contributed by atoms with Crippen molar-refractivity contribution in [2.45, 2.75) is 13.0 Å². The zero-order chi connectivity index (χ0) is 12.1. The van der Waals surface area contributed by atoms with Crippen molar-refractivity contribution in [3.63, 3.8) is 0 Å². The fourth-order valence-electron chi connectivity index (χ4n) is 1.35. The third-order valence-corrected chi connectivity index (χ3v) is 2.86. The predicted molar refractivity (Wildman–Crippen MR) is 64.9 cm³/mol. The van der Waals surface area contributed by atoms with E-state index in [4.69, 9.17) is 27.9 Å². The summed E-state index contributed by atoms with van der Waals surface area (Å²) >= 11 is 11.7. The summed E-state index contributed by atoms with van der Waals surface area (Å²) in [7, 11) is 1.35. The van der Waals surface area contributed by atoms with Crippen LogP contribution in [0.4, 0.5) is 0 Å². The van der Waals surface area contributed by atoms with Crippen LogP contribution in [0.2, 0.25) is 10.0 Å². The van der Waals surface area contributed by atoms with Crippen LogP contribution in [0.5, 0.6) is 0 Å². The zero-order valence-electron chi connectivity index (χ0n) is 9.09. The summed E-state index contributed by atoms with van der Waals surface area (Å²) in [6.07, 6.45) is 0. The van der Waals surface area contributed by atoms with Crippen molar-refractivity contribution < 1.29 is 9.53 Å². The SMILES string of the molecule is CCNC(C(=O)OC)c1ccc(Cl)c(Cl)c1. The molecule has 88 valence electrons. The largest absolute Gasteiger partial charge is 0.468 e. The van der Waals surface area contributed by atoms with Gasteiger partial charge in [0.15, 0.2) is 0 Å². The number of carbonyl (C=O) groups is 1. The van der Waals surface area contributed by atoms with Gasteiger partial charge in [-0.25, -0.2) is 4.79 Å². The van der Waals surface area contributed by atoms with Gasteiger partial charge in [-0.1, -0.05) is 36.2 Å². The molecule has 0 aliphatic rings. The lowest BCUT2D eigenvalue weighted by atomic mass is 10.1. The Hall–Kier alpha value is -0.770. The molecule has 16 heavy (non-hydrogen) atoms. The van der Waals surface area contributed by atoms with Gasteiger partial charge >= 0.3 is 5.97 Å². The number of halogens is 2. The van der Waals surface area contributed by atoms with Crippen molar-refractivity contribution in [3.05, 3.63) is 33.8 Å². The molecule has 0 spiro atoms. The van der Waals surface area contributed by atoms with Crippen molar-refractivity contribution in [2.24, 2.45) is 0 Å². The number of carbonyl (C=O) groups excluding carboxylic acids is 1. The van der Waals surface area contributed by atoms with Crippen LogP contribution in [-0.4, -0.2) is 19.6 Å². The molecule has 0 aliphatic heterocycles. The molecule has 0 saturated carbocycles. The molecule has 1 aromatic carbocycles. The summed E-state index contributed by atoms with van der Waals surface area (Å²) in [6.45, 7) is 2.56. The Morgan fingerprint density at radius 3 is 2.62 bits per heavy atom. The first kappa shape index (κ1) is 13.3. The van der Waals surface area contributed by atoms with Gasteiger partial charge in [0.2, 0.25) is 0 Å². The van der Waals surface area contributed by atoms with E-state index in [0.29, 0.717) is 16.6 Å². The number of ether oxygens (including phenoxy) is 1. The molecule has 0 fully saturated rings. The molecule has 0 amide bonds. The lowest BCUT2D eigenvalue weighted by Crippen LogP contribution is -2.29. The van der Waals surface area contributed by atoms with Crippen LogP contribution in [0.1, 0.15) is 18.5 Å². The maximum absolute atomic E-state index is 11.5. The summed E-state index contributed by atoms with van der Waals surface area (Å²) in [4.78, 5) is 11.5. The van der Waals surface area contributed by atoms with E-state index in [-0.39, 0.29) is 5.97 Å². The number of rotatable bonds is 4. The molecular weight excluding hydrogens is 249 g/mol. The number of methoxy groups -OCH3 is 1. The van der Waals surface area contributed by atoms with Crippen LogP contribution in [0.15, 0.2) is 18.2 Å². The van der Waals surface area contributed by atoms with Crippen LogP contribution in [0.25, 0.3) is 0 Å². The number of esters is 1. The van der Waals surface area contributed by atoms with Crippen molar-refractivity contribution in [3.8, 4) is 0 Å². The van der Waals surface area contributed by atoms with E-state index >= 15 is 0 Å². The Balaban J connectivity index is 3.01. The van der Waals surface area contributed by atoms with Crippen LogP contribution in [0, 0.1) is 0 Å². The fourth-order valence-corrected chi connectivity index (χ4v) is 1.66. The highest BCUT2D eigenvalue weighted by Crippen LogP contribution is 2.26. The van der Waals surface area contributed by atoms with Crippen molar-refractivity contribution in [1.82, 2.24) is 5.32 Å². The molecule has 0 aromatic heterocycles. The second-order valence-corrected chi connectivity index (χ2v) is 4.00. The molecule has 1 aromatic rings. The number of nitrogens with one attached hydrogen (secondary N) is 1. The monoisotopic (exact) mass is 261 g/mol. The summed E-state index contributed by atoms with van der Waals surface area (Å²) in [6, 6.07) is 4.56. The Morgan fingerprint density at radius 1 is 1.44 bits per heavy atom. The number of benzene rings is 1. The number of likely N-dealkylation sites (N-methyl/N-ethyl adjacent to an activating group) is 1. The molecular formula is C11H13Cl2NO2. The second kappa shape index (κ2) is 6.09. The topological polar surface area (TPSA) is 38.3 Å². The van der Waals surface area contributed by atoms with Crippen molar-refractivity contribution >= 4 is 29.2 Å². The molecule has 0 heterocycles. The van der Waals surface area contributed by atoms with Gasteiger partial charge in [-0.05, 0) is 24.2 Å². The van der Waals surface area contributed by atoms with E-state index in [1.807, 2.05) is 6.92 Å². The molecule has 0 aliphatic carbocycles. The quantitative estimate of drug-likeness (QED) is 0.848. The molecule has 1 rings (SSSR count). The van der Waals surface area contributed by atoms with Gasteiger partial charge in [0.25, 0.3) is 0 Å². The van der Waals surface area contributed by atoms with Gasteiger partial charge in [-0.15, -0.1) is 0 Å². The van der Waals surface area contributed by atoms with E-state index in [1.165, 1.54) is 7.11 Å². The third-order valence-electron chi connectivity index (χ3n) is 2.12. The normalized spacial score (nSPS) is 12.2. The minimum absolute atomic E-state index is 0.347. The Kier molecular flexibility index (Phi) is 5.06. The highest BCUT2D eigenvalue weighted by atomic mass is 35.5. The lowest BCUT2D eigenvalue weighted by Gasteiger charge is -2.16. The highest BCUT2D eigenvalue weighted by Gasteiger charge is 2.20. The van der Waals surface area contributed by atoms with E-state index in [1.54, 1.807) is 18.2 Å². The smallest absolute Gasteiger partial charge is 0.327 e. The molecule has 1 N–H and O–H groups in total. The number of hydrogen-bond donors (Lipinski definition) is 1. The molecule has 1 atom stereocenters. The van der Waals surface area contributed by atoms with Gasteiger partial charge in [0.1, 0.15) is 6.04 Å². The van der Waals surface area contributed by atoms with E-state index in [0.717, 1.165) is 5.56 Å². The molecule has 0 bridgehead atoms. The average Bonchev–Trinajstić information content (AvgIpc) is 2.29. The maximum Gasteiger partial charge on any atom is 0.327 e. The molecule has 0 saturated heterocycles. The van der Waals surface area contributed by atoms with Gasteiger partial charge in [0, 0.05) is 0 Å². The van der Waals surface area contributed by atoms with Gasteiger partial charge in [-0.2, -0.15) is 0 Å². The summed E-state index contributed by atoms with van der Waals surface area (Å²) in [5, 5.41) is 3.91. The van der Waals surface area contributed by atoms with Crippen LogP contribution in [0.3, 0.4) is 0 Å². The minimum Gasteiger partial charge on any atom is -0.468 e. The minimum atomic E-state index is -0.509. The van der Waals surface area contributed by atoms with Crippen molar-refractivity contribution in [2.75, 3.05) is 13.7 Å². The lowest BCUT2D eigenvalue weighted by molar-refractivity contribution is -0.143. The summed E-state index contributed by atoms with van der Waals surface area (Å²) in [5.41, 5.74) is 0.739. The second-order valence-electron chi connectivity index (χ2n) is 3.19. The van der Waals surface area contributed by atoms with Crippen LogP contribution < -0.4 is 5.32 Å². The first-order chi connectivity index (χ1) is 7.60.